The van der Waals surface area contributed by atoms with Crippen molar-refractivity contribution in [2.24, 2.45) is 47.3 Å². The van der Waals surface area contributed by atoms with Crippen LogP contribution in [-0.4, -0.2) is 149 Å². The summed E-state index contributed by atoms with van der Waals surface area (Å²) in [5, 5.41) is 0. The molecule has 109 heavy (non-hydrogen) atoms. The molecule has 6 rings (SSSR count). The van der Waals surface area contributed by atoms with Gasteiger partial charge in [-0.25, -0.2) is 19.2 Å². The maximum atomic E-state index is 14.6. The Balaban J connectivity index is 1.31. The van der Waals surface area contributed by atoms with Crippen molar-refractivity contribution in [2.75, 3.05) is 39.6 Å². The zero-order valence-electron chi connectivity index (χ0n) is 67.6. The van der Waals surface area contributed by atoms with E-state index in [1.807, 2.05) is 0 Å². The number of rotatable bonds is 51. The number of carbonyl (C=O) groups excluding carboxylic acids is 7. The number of carbonyl (C=O) groups is 7. The van der Waals surface area contributed by atoms with Crippen LogP contribution in [0.15, 0.2) is 121 Å². The van der Waals surface area contributed by atoms with Gasteiger partial charge in [-0.3, -0.25) is 14.4 Å². The van der Waals surface area contributed by atoms with Gasteiger partial charge >= 0.3 is 41.8 Å². The third kappa shape index (κ3) is 34.6. The van der Waals surface area contributed by atoms with Gasteiger partial charge < -0.3 is 61.6 Å². The Hall–Kier alpha value is -7.07. The molecule has 4 aromatic rings. The maximum absolute atomic E-state index is 14.6. The van der Waals surface area contributed by atoms with E-state index in [-0.39, 0.29) is 35.5 Å². The fourth-order valence-electron chi connectivity index (χ4n) is 14.1. The van der Waals surface area contributed by atoms with Crippen molar-refractivity contribution in [3.63, 3.8) is 0 Å². The Labute approximate surface area is 650 Å². The molecule has 2 aliphatic rings. The minimum atomic E-state index is -1.82. The van der Waals surface area contributed by atoms with Gasteiger partial charge in [-0.2, -0.15) is 0 Å². The first kappa shape index (κ1) is 90.8. The molecular weight excluding hydrogens is 1390 g/mol. The van der Waals surface area contributed by atoms with Crippen LogP contribution in [0.25, 0.3) is 0 Å². The van der Waals surface area contributed by atoms with Gasteiger partial charge in [0.15, 0.2) is 49.2 Å². The van der Waals surface area contributed by atoms with E-state index in [0.717, 1.165) is 89.4 Å². The molecule has 0 unspecified atom stereocenters. The highest BCUT2D eigenvalue weighted by Crippen LogP contribution is 2.36. The van der Waals surface area contributed by atoms with Gasteiger partial charge in [0.05, 0.1) is 42.1 Å². The van der Waals surface area contributed by atoms with Crippen molar-refractivity contribution in [1.82, 2.24) is 0 Å². The van der Waals surface area contributed by atoms with Crippen LogP contribution in [0.1, 0.15) is 260 Å². The topological polar surface area (TPSA) is 239 Å². The van der Waals surface area contributed by atoms with Crippen LogP contribution in [-0.2, 0) is 76.0 Å². The fourth-order valence-corrected chi connectivity index (χ4v) is 14.1. The quantitative estimate of drug-likeness (QED) is 0.0227. The first-order chi connectivity index (χ1) is 52.3. The fraction of sp³-hybridized carbons (Fsp3) is 0.652. The van der Waals surface area contributed by atoms with Crippen LogP contribution in [0.2, 0.25) is 0 Å². The molecule has 0 amide bonds. The third-order valence-electron chi connectivity index (χ3n) is 20.7. The first-order valence-corrected chi connectivity index (χ1v) is 40.6. The molecule has 0 bridgehead atoms. The second kappa shape index (κ2) is 50.0. The van der Waals surface area contributed by atoms with Crippen molar-refractivity contribution in [2.45, 2.75) is 286 Å². The SMILES string of the molecule is CC(=O)OC[C@H]1O[C@@H](OC[C@H]2O[C@@H](OC[C@H](COCC[C@H](C)CCC[C@H](C)CCC[C@H](C)CCCC(C)C)OCC[C@H](C)CCC[C@H](C)CCC[C@H](C)CCCC(C)C)[C@H](OC(=O)c3ccccc3)[C@@H](OC(=O)c3ccccc3)[C@@H]2OC(C)=O)[C@H](OC(=O)c2ccccc2)[C@@H](OC(=O)c2ccccc2)[C@@H]1OC(C)=O. The van der Waals surface area contributed by atoms with Gasteiger partial charge in [-0.15, -0.1) is 0 Å². The molecule has 0 N–H and O–H groups in total. The molecule has 0 saturated carbocycles. The van der Waals surface area contributed by atoms with Gasteiger partial charge in [-0.1, -0.05) is 258 Å². The Morgan fingerprint density at radius 3 is 0.954 bits per heavy atom. The molecule has 0 aromatic heterocycles. The average molecular weight is 1520 g/mol. The highest BCUT2D eigenvalue weighted by atomic mass is 16.8. The minimum absolute atomic E-state index is 0.0647. The van der Waals surface area contributed by atoms with Gasteiger partial charge in [0.2, 0.25) is 0 Å². The summed E-state index contributed by atoms with van der Waals surface area (Å²) in [7, 11) is 0. The predicted octanol–water partition coefficient (Wildman–Crippen LogP) is 18.1. The van der Waals surface area contributed by atoms with Crippen LogP contribution in [0, 0.1) is 47.3 Å². The molecule has 2 saturated heterocycles. The van der Waals surface area contributed by atoms with E-state index >= 15 is 0 Å². The maximum Gasteiger partial charge on any atom is 0.338 e. The lowest BCUT2D eigenvalue weighted by atomic mass is 9.91. The van der Waals surface area contributed by atoms with Crippen molar-refractivity contribution in [3.05, 3.63) is 144 Å². The summed E-state index contributed by atoms with van der Waals surface area (Å²) in [4.78, 5) is 97.0. The van der Waals surface area contributed by atoms with E-state index in [1.54, 1.807) is 84.9 Å². The zero-order valence-corrected chi connectivity index (χ0v) is 67.6. The lowest BCUT2D eigenvalue weighted by Gasteiger charge is -2.46. The summed E-state index contributed by atoms with van der Waals surface area (Å²) in [5.41, 5.74) is 0.359. The second-order valence-electron chi connectivity index (χ2n) is 31.8. The summed E-state index contributed by atoms with van der Waals surface area (Å²) < 4.78 is 82.7. The van der Waals surface area contributed by atoms with Gasteiger partial charge in [0.25, 0.3) is 0 Å². The van der Waals surface area contributed by atoms with E-state index in [4.69, 9.17) is 61.6 Å². The smallest absolute Gasteiger partial charge is 0.338 e. The Morgan fingerprint density at radius 1 is 0.321 bits per heavy atom. The van der Waals surface area contributed by atoms with Gasteiger partial charge in [0, 0.05) is 34.0 Å². The number of hydrogen-bond donors (Lipinski definition) is 0. The molecule has 4 aromatic carbocycles. The van der Waals surface area contributed by atoms with Crippen molar-refractivity contribution >= 4 is 41.8 Å². The standard InChI is InChI=1S/C89H130O20/c1-60(2)32-26-34-62(5)36-28-38-64(7)40-30-42-66(9)52-54-97-56-75(98-55-53-67(10)43-31-41-65(8)39-29-37-63(6)35-27-33-61(3)4)57-100-88-82(108-86(95)73-48-22-16-23-49-73)81(107-85(94)72-46-20-15-21-47-72)79(103-70(13)92)77(105-88)59-101-89-83(109-87(96)74-50-24-17-25-51-74)80(106-84(93)71-44-18-14-19-45-71)78(102-69(12)91)76(104-89)58-99-68(11)90/h14-25,44-51,60-67,75-83,88-89H,26-43,52-59H2,1-13H3/t62-,63-,64-,65-,66-,67-,75+,76-,77-,78-,79-,80+,81+,82-,83-,88-,89-/m1/s1. The summed E-state index contributed by atoms with van der Waals surface area (Å²) in [6.07, 6.45) is 6.16. The normalized spacial score (nSPS) is 21.9. The lowest BCUT2D eigenvalue weighted by molar-refractivity contribution is -0.332. The first-order valence-electron chi connectivity index (χ1n) is 40.6. The number of benzene rings is 4. The van der Waals surface area contributed by atoms with Crippen LogP contribution >= 0.6 is 0 Å². The predicted molar refractivity (Wildman–Crippen MR) is 417 cm³/mol. The van der Waals surface area contributed by atoms with E-state index in [1.165, 1.54) is 120 Å². The summed E-state index contributed by atoms with van der Waals surface area (Å²) in [5.74, 6) is -1.04. The molecule has 0 spiro atoms. The van der Waals surface area contributed by atoms with Gasteiger partial charge in [-0.05, 0) is 109 Å². The van der Waals surface area contributed by atoms with Gasteiger partial charge in [0.1, 0.15) is 24.9 Å². The van der Waals surface area contributed by atoms with E-state index in [0.29, 0.717) is 36.9 Å². The van der Waals surface area contributed by atoms with E-state index in [9.17, 15) is 33.6 Å². The summed E-state index contributed by atoms with van der Waals surface area (Å²) in [6, 6.07) is 32.0. The highest BCUT2D eigenvalue weighted by Gasteiger charge is 2.57. The third-order valence-corrected chi connectivity index (χ3v) is 20.7. The Morgan fingerprint density at radius 2 is 0.624 bits per heavy atom. The van der Waals surface area contributed by atoms with Crippen LogP contribution < -0.4 is 0 Å². The summed E-state index contributed by atoms with van der Waals surface area (Å²) >= 11 is 0. The Kier molecular flexibility index (Phi) is 41.7. The highest BCUT2D eigenvalue weighted by molar-refractivity contribution is 5.91. The zero-order chi connectivity index (χ0) is 79.0. The van der Waals surface area contributed by atoms with Crippen LogP contribution in [0.4, 0.5) is 0 Å². The molecule has 606 valence electrons. The second-order valence-corrected chi connectivity index (χ2v) is 31.8. The summed E-state index contributed by atoms with van der Waals surface area (Å²) in [6.45, 7) is 26.1. The van der Waals surface area contributed by atoms with Crippen molar-refractivity contribution in [1.29, 1.82) is 0 Å². The number of esters is 7. The van der Waals surface area contributed by atoms with Crippen LogP contribution in [0.3, 0.4) is 0 Å². The van der Waals surface area contributed by atoms with Crippen LogP contribution in [0.5, 0.6) is 0 Å². The van der Waals surface area contributed by atoms with Crippen molar-refractivity contribution in [3.8, 4) is 0 Å². The molecule has 2 aliphatic heterocycles. The Bertz CT molecular complexity index is 3220. The van der Waals surface area contributed by atoms with Crippen molar-refractivity contribution < 1.29 is 95.1 Å². The molecule has 17 atom stereocenters. The molecule has 0 radical (unpaired) electrons. The molecule has 2 fully saturated rings. The molecule has 2 heterocycles. The average Bonchev–Trinajstić information content (AvgIpc) is 0.776. The molecule has 0 aliphatic carbocycles. The molecule has 20 heteroatoms. The number of ether oxygens (including phenoxy) is 13. The molecular formula is C89H130O20. The lowest BCUT2D eigenvalue weighted by Crippen LogP contribution is -2.65. The van der Waals surface area contributed by atoms with E-state index in [2.05, 4.69) is 69.2 Å². The number of hydrogen-bond acceptors (Lipinski definition) is 20. The largest absolute Gasteiger partial charge is 0.463 e. The molecule has 20 nitrogen and oxygen atoms in total. The monoisotopic (exact) mass is 1520 g/mol. The van der Waals surface area contributed by atoms with E-state index < -0.39 is 123 Å². The minimum Gasteiger partial charge on any atom is -0.463 e.